The van der Waals surface area contributed by atoms with E-state index in [9.17, 15) is 9.36 Å². The van der Waals surface area contributed by atoms with Gasteiger partial charge in [0.15, 0.2) is 0 Å². The van der Waals surface area contributed by atoms with Crippen molar-refractivity contribution in [2.24, 2.45) is 0 Å². The molecule has 0 rings (SSSR count). The van der Waals surface area contributed by atoms with Gasteiger partial charge in [0.1, 0.15) is 0 Å². The summed E-state index contributed by atoms with van der Waals surface area (Å²) >= 11 is 0. The van der Waals surface area contributed by atoms with Gasteiger partial charge in [-0.1, -0.05) is 0 Å². The first-order valence-electron chi connectivity index (χ1n) is 0.964. The Labute approximate surface area is 30.4 Å². The molecule has 0 aromatic carbocycles. The van der Waals surface area contributed by atoms with E-state index < -0.39 is 14.1 Å². The van der Waals surface area contributed by atoms with Gasteiger partial charge in [0.05, 0.1) is 0 Å². The maximum absolute atomic E-state index is 9.38. The summed E-state index contributed by atoms with van der Waals surface area (Å²) in [5, 5.41) is 0. The molecule has 0 aliphatic heterocycles. The normalized spacial score (nSPS) is 8.20. The van der Waals surface area contributed by atoms with Crippen LogP contribution in [0.2, 0.25) is 0 Å². The quantitative estimate of drug-likeness (QED) is 0.449. The van der Waals surface area contributed by atoms with Crippen LogP contribution < -0.4 is 5.73 Å². The highest BCUT2D eigenvalue weighted by molar-refractivity contribution is 7.44. The van der Waals surface area contributed by atoms with E-state index in [0.717, 1.165) is 0 Å². The molecule has 0 atom stereocenters. The van der Waals surface area contributed by atoms with Crippen LogP contribution in [0.5, 0.6) is 0 Å². The molecule has 1 amide bonds. The van der Waals surface area contributed by atoms with Crippen molar-refractivity contribution >= 4 is 14.1 Å². The molecule has 0 aromatic rings. The molecule has 0 radical (unpaired) electrons. The van der Waals surface area contributed by atoms with Gasteiger partial charge < -0.3 is 0 Å². The third-order valence-electron chi connectivity index (χ3n) is 0.102. The van der Waals surface area contributed by atoms with Crippen molar-refractivity contribution in [2.75, 3.05) is 0 Å². The second-order valence-electron chi connectivity index (χ2n) is 0.485. The Morgan fingerprint density at radius 1 is 1.80 bits per heavy atom. The zero-order chi connectivity index (χ0) is 4.28. The summed E-state index contributed by atoms with van der Waals surface area (Å²) in [5.41, 5.74) is 2.21. The maximum atomic E-state index is 9.38. The third kappa shape index (κ3) is 3.73. The molecule has 3 nitrogen and oxygen atoms in total. The molecule has 5 heavy (non-hydrogen) atoms. The summed E-state index contributed by atoms with van der Waals surface area (Å²) in [6.45, 7) is 0. The fourth-order valence-corrected chi connectivity index (χ4v) is 0. The van der Waals surface area contributed by atoms with E-state index in [1.54, 1.807) is 0 Å². The van der Waals surface area contributed by atoms with E-state index in [-0.39, 0.29) is 0 Å². The maximum Gasteiger partial charge on any atom is 0.399 e. The number of carbonyl (C=O) groups excluding carboxylic acids is 1. The van der Waals surface area contributed by atoms with Crippen LogP contribution in [0.3, 0.4) is 0 Å². The molecule has 28 valence electrons. The van der Waals surface area contributed by atoms with E-state index in [0.29, 0.717) is 0 Å². The van der Waals surface area contributed by atoms with Gasteiger partial charge in [-0.25, -0.2) is 4.79 Å². The molecule has 0 aliphatic rings. The topological polar surface area (TPSA) is 61.8 Å². The Bertz CT molecular complexity index is 60.7. The van der Waals surface area contributed by atoms with Crippen LogP contribution in [0.25, 0.3) is 0 Å². The smallest absolute Gasteiger partial charge is 0.284 e. The number of quaternary nitrogens is 1. The summed E-state index contributed by atoms with van der Waals surface area (Å²) in [4.78, 5) is 9.38. The van der Waals surface area contributed by atoms with Crippen LogP contribution in [0.4, 0.5) is 4.79 Å². The lowest BCUT2D eigenvalue weighted by molar-refractivity contribution is -0.233. The second kappa shape index (κ2) is 2.00. The first-order chi connectivity index (χ1) is 2.27. The molecule has 0 saturated carbocycles. The number of rotatable bonds is 1. The van der Waals surface area contributed by atoms with Crippen molar-refractivity contribution < 1.29 is 15.1 Å². The molecule has 0 heterocycles. The van der Waals surface area contributed by atoms with Gasteiger partial charge in [0.2, 0.25) is 0 Å². The third-order valence-corrected chi connectivity index (χ3v) is 0.305. The summed E-state index contributed by atoms with van der Waals surface area (Å²) in [6, 6.07) is 0. The fraction of sp³-hybridized carbons (Fsp3) is 0. The van der Waals surface area contributed by atoms with Crippen LogP contribution in [-0.2, 0) is 4.57 Å². The van der Waals surface area contributed by atoms with Crippen LogP contribution in [-0.4, -0.2) is 5.65 Å². The Kier molecular flexibility index (Phi) is 1.89. The van der Waals surface area contributed by atoms with Gasteiger partial charge in [-0.3, -0.25) is 10.3 Å². The van der Waals surface area contributed by atoms with E-state index >= 15 is 0 Å². The summed E-state index contributed by atoms with van der Waals surface area (Å²) in [7, 11) is -0.503. The average molecular weight is 92.0 g/mol. The first kappa shape index (κ1) is 4.73. The van der Waals surface area contributed by atoms with Crippen molar-refractivity contribution in [3.63, 3.8) is 0 Å². The lowest BCUT2D eigenvalue weighted by atomic mass is 11.5. The van der Waals surface area contributed by atoms with E-state index in [1.807, 2.05) is 0 Å². The zero-order valence-electron chi connectivity index (χ0n) is 2.47. The van der Waals surface area contributed by atoms with Gasteiger partial charge in [-0.2, -0.15) is 0 Å². The molecule has 0 aliphatic carbocycles. The first-order valence-corrected chi connectivity index (χ1v) is 1.78. The van der Waals surface area contributed by atoms with Gasteiger partial charge in [0.25, 0.3) is 0 Å². The molecule has 3 N–H and O–H groups in total. The molecule has 0 aromatic heterocycles. The lowest BCUT2D eigenvalue weighted by Gasteiger charge is -1.51. The van der Waals surface area contributed by atoms with Crippen molar-refractivity contribution in [3.05, 3.63) is 0 Å². The number of amides is 1. The van der Waals surface area contributed by atoms with Crippen molar-refractivity contribution in [3.8, 4) is 0 Å². The summed E-state index contributed by atoms with van der Waals surface area (Å²) in [6.07, 6.45) is 0. The molecular formula is CH3NO2P+. The van der Waals surface area contributed by atoms with Crippen molar-refractivity contribution in [1.82, 2.24) is 0 Å². The Morgan fingerprint density at radius 2 is 2.00 bits per heavy atom. The molecule has 0 spiro atoms. The van der Waals surface area contributed by atoms with Gasteiger partial charge in [0, 0.05) is 0 Å². The minimum atomic E-state index is -0.579. The standard InChI is InChI=1S/CH2NO2P/c2-1(3)5-4/h(H2,2,3)/p+1. The number of carbonyl (C=O) groups is 1. The molecule has 0 fully saturated rings. The molecule has 0 bridgehead atoms. The highest BCUT2D eigenvalue weighted by Gasteiger charge is 1.86. The van der Waals surface area contributed by atoms with E-state index in [1.165, 1.54) is 0 Å². The number of hydrogen-bond donors (Lipinski definition) is 1. The fourth-order valence-electron chi connectivity index (χ4n) is 0. The van der Waals surface area contributed by atoms with Crippen LogP contribution >= 0.6 is 8.46 Å². The average Bonchev–Trinajstić information content (AvgIpc) is 1.38. The molecule has 0 saturated heterocycles. The van der Waals surface area contributed by atoms with Crippen molar-refractivity contribution in [1.29, 1.82) is 0 Å². The minimum Gasteiger partial charge on any atom is -0.284 e. The summed E-state index contributed by atoms with van der Waals surface area (Å²) in [5.74, 6) is 0. The Balaban J connectivity index is 3.20. The SMILES string of the molecule is [NH3+]C(=O)P=O. The monoisotopic (exact) mass is 92.0 g/mol. The van der Waals surface area contributed by atoms with E-state index in [4.69, 9.17) is 0 Å². The summed E-state index contributed by atoms with van der Waals surface area (Å²) < 4.78 is 9.19. The Morgan fingerprint density at radius 3 is 2.00 bits per heavy atom. The largest absolute Gasteiger partial charge is 0.399 e. The number of hydrogen-bond acceptors (Lipinski definition) is 2. The zero-order valence-corrected chi connectivity index (χ0v) is 3.37. The highest BCUT2D eigenvalue weighted by atomic mass is 31.1. The minimum absolute atomic E-state index is 0.503. The predicted molar refractivity (Wildman–Crippen MR) is 15.9 cm³/mol. The van der Waals surface area contributed by atoms with Crippen LogP contribution in [0, 0.1) is 0 Å². The predicted octanol–water partition coefficient (Wildman–Crippen LogP) is -0.360. The molecule has 4 heteroatoms. The highest BCUT2D eigenvalue weighted by Crippen LogP contribution is 1.81. The van der Waals surface area contributed by atoms with Gasteiger partial charge >= 0.3 is 14.1 Å². The lowest BCUT2D eigenvalue weighted by Crippen LogP contribution is -2.52. The van der Waals surface area contributed by atoms with Gasteiger partial charge in [-0.05, 0) is 0 Å². The Hall–Kier alpha value is -0.270. The van der Waals surface area contributed by atoms with E-state index in [2.05, 4.69) is 5.73 Å². The van der Waals surface area contributed by atoms with Crippen molar-refractivity contribution in [2.45, 2.75) is 0 Å². The van der Waals surface area contributed by atoms with Crippen LogP contribution in [0.1, 0.15) is 0 Å². The second-order valence-corrected chi connectivity index (χ2v) is 1.17. The van der Waals surface area contributed by atoms with Crippen LogP contribution in [0.15, 0.2) is 0 Å². The molecular weight excluding hydrogens is 89.0 g/mol. The van der Waals surface area contributed by atoms with Gasteiger partial charge in [-0.15, -0.1) is 0 Å². The molecule has 0 unspecified atom stereocenters.